The number of quaternary nitrogens is 1. The van der Waals surface area contributed by atoms with Crippen molar-refractivity contribution in [2.75, 3.05) is 26.0 Å². The number of nitrogens with two attached hydrogens (primary N) is 1. The largest absolute Gasteiger partial charge is 0.336 e. The molecule has 8 heteroatoms. The standard InChI is InChI=1S/C13H20ClN3O3S/c1-9(2)15-8-13(18)16-12-7-10(5-6-11(12)14)21(19,20)17(3)4/h5-7,9,15H,8H2,1-4H3,(H,16,18)/p+1. The van der Waals surface area contributed by atoms with Gasteiger partial charge >= 0.3 is 0 Å². The van der Waals surface area contributed by atoms with Gasteiger partial charge in [-0.1, -0.05) is 11.6 Å². The van der Waals surface area contributed by atoms with E-state index < -0.39 is 10.0 Å². The maximum absolute atomic E-state index is 12.1. The number of hydrogen-bond acceptors (Lipinski definition) is 3. The summed E-state index contributed by atoms with van der Waals surface area (Å²) in [6, 6.07) is 4.53. The molecule has 0 saturated carbocycles. The Morgan fingerprint density at radius 2 is 2.00 bits per heavy atom. The molecule has 118 valence electrons. The Hall–Kier alpha value is -1.15. The molecule has 1 aromatic carbocycles. The van der Waals surface area contributed by atoms with Crippen LogP contribution in [0, 0.1) is 0 Å². The number of nitrogens with zero attached hydrogens (tertiary/aromatic N) is 1. The van der Waals surface area contributed by atoms with Gasteiger partial charge in [-0.2, -0.15) is 0 Å². The first kappa shape index (κ1) is 17.9. The first-order chi connectivity index (χ1) is 9.64. The van der Waals surface area contributed by atoms with Gasteiger partial charge in [-0.15, -0.1) is 0 Å². The molecule has 0 aliphatic heterocycles. The number of carbonyl (C=O) groups is 1. The van der Waals surface area contributed by atoms with Crippen LogP contribution in [0.15, 0.2) is 23.1 Å². The zero-order valence-corrected chi connectivity index (χ0v) is 14.1. The number of nitrogens with one attached hydrogen (secondary N) is 1. The molecular formula is C13H21ClN3O3S+. The number of benzene rings is 1. The molecule has 0 saturated heterocycles. The van der Waals surface area contributed by atoms with Gasteiger partial charge in [-0.3, -0.25) is 4.79 Å². The van der Waals surface area contributed by atoms with Crippen molar-refractivity contribution in [3.8, 4) is 0 Å². The van der Waals surface area contributed by atoms with E-state index in [0.717, 1.165) is 4.31 Å². The topological polar surface area (TPSA) is 83.1 Å². The van der Waals surface area contributed by atoms with E-state index in [-0.39, 0.29) is 17.3 Å². The van der Waals surface area contributed by atoms with Gasteiger partial charge < -0.3 is 10.6 Å². The second-order valence-electron chi connectivity index (χ2n) is 5.16. The Morgan fingerprint density at radius 3 is 2.52 bits per heavy atom. The highest BCUT2D eigenvalue weighted by Gasteiger charge is 2.19. The van der Waals surface area contributed by atoms with E-state index >= 15 is 0 Å². The van der Waals surface area contributed by atoms with E-state index in [9.17, 15) is 13.2 Å². The number of halogens is 1. The van der Waals surface area contributed by atoms with Crippen LogP contribution in [-0.2, 0) is 14.8 Å². The average molecular weight is 335 g/mol. The molecule has 6 nitrogen and oxygen atoms in total. The molecule has 1 rings (SSSR count). The highest BCUT2D eigenvalue weighted by Crippen LogP contribution is 2.26. The summed E-state index contributed by atoms with van der Waals surface area (Å²) in [7, 11) is -0.674. The SMILES string of the molecule is CC(C)[NH2+]CC(=O)Nc1cc(S(=O)(=O)N(C)C)ccc1Cl. The van der Waals surface area contributed by atoms with Crippen LogP contribution in [0.25, 0.3) is 0 Å². The van der Waals surface area contributed by atoms with Gasteiger partial charge in [0.05, 0.1) is 21.6 Å². The molecule has 0 bridgehead atoms. The fourth-order valence-electron chi connectivity index (χ4n) is 1.52. The molecule has 0 fully saturated rings. The van der Waals surface area contributed by atoms with Crippen molar-refractivity contribution in [3.05, 3.63) is 23.2 Å². The van der Waals surface area contributed by atoms with E-state index in [1.165, 1.54) is 32.3 Å². The van der Waals surface area contributed by atoms with Gasteiger partial charge in [0, 0.05) is 14.1 Å². The lowest BCUT2D eigenvalue weighted by Crippen LogP contribution is -2.90. The summed E-state index contributed by atoms with van der Waals surface area (Å²) in [5, 5.41) is 4.79. The van der Waals surface area contributed by atoms with Crippen LogP contribution in [-0.4, -0.2) is 45.3 Å². The Morgan fingerprint density at radius 1 is 1.38 bits per heavy atom. The van der Waals surface area contributed by atoms with Crippen molar-refractivity contribution in [2.45, 2.75) is 24.8 Å². The predicted octanol–water partition coefficient (Wildman–Crippen LogP) is 0.501. The molecular weight excluding hydrogens is 314 g/mol. The van der Waals surface area contributed by atoms with Crippen LogP contribution in [0.3, 0.4) is 0 Å². The normalized spacial score (nSPS) is 12.0. The quantitative estimate of drug-likeness (QED) is 0.794. The van der Waals surface area contributed by atoms with Crippen molar-refractivity contribution in [1.82, 2.24) is 4.31 Å². The molecule has 21 heavy (non-hydrogen) atoms. The van der Waals surface area contributed by atoms with Crippen molar-refractivity contribution < 1.29 is 18.5 Å². The number of anilines is 1. The van der Waals surface area contributed by atoms with E-state index in [2.05, 4.69) is 5.32 Å². The third-order valence-electron chi connectivity index (χ3n) is 2.77. The minimum absolute atomic E-state index is 0.0834. The molecule has 0 aliphatic rings. The van der Waals surface area contributed by atoms with Crippen molar-refractivity contribution in [3.63, 3.8) is 0 Å². The second kappa shape index (κ2) is 7.22. The van der Waals surface area contributed by atoms with Gasteiger partial charge in [-0.25, -0.2) is 12.7 Å². The van der Waals surface area contributed by atoms with Crippen LogP contribution in [0.2, 0.25) is 5.02 Å². The first-order valence-corrected chi connectivity index (χ1v) is 8.31. The number of sulfonamides is 1. The minimum Gasteiger partial charge on any atom is -0.336 e. The van der Waals surface area contributed by atoms with Gasteiger partial charge in [0.1, 0.15) is 0 Å². The molecule has 3 N–H and O–H groups in total. The van der Waals surface area contributed by atoms with E-state index in [4.69, 9.17) is 11.6 Å². The average Bonchev–Trinajstić information content (AvgIpc) is 2.38. The maximum Gasteiger partial charge on any atom is 0.279 e. The van der Waals surface area contributed by atoms with Crippen LogP contribution in [0.5, 0.6) is 0 Å². The third-order valence-corrected chi connectivity index (χ3v) is 4.91. The lowest BCUT2D eigenvalue weighted by Gasteiger charge is -2.13. The van der Waals surface area contributed by atoms with Crippen LogP contribution in [0.1, 0.15) is 13.8 Å². The summed E-state index contributed by atoms with van der Waals surface area (Å²) in [6.07, 6.45) is 0. The summed E-state index contributed by atoms with van der Waals surface area (Å²) < 4.78 is 25.2. The van der Waals surface area contributed by atoms with Crippen molar-refractivity contribution in [2.24, 2.45) is 0 Å². The highest BCUT2D eigenvalue weighted by atomic mass is 35.5. The van der Waals surface area contributed by atoms with Crippen molar-refractivity contribution in [1.29, 1.82) is 0 Å². The minimum atomic E-state index is -3.56. The molecule has 0 spiro atoms. The Bertz CT molecular complexity index is 615. The molecule has 1 amide bonds. The predicted molar refractivity (Wildman–Crippen MR) is 82.9 cm³/mol. The fraction of sp³-hybridized carbons (Fsp3) is 0.462. The van der Waals surface area contributed by atoms with Crippen molar-refractivity contribution >= 4 is 33.2 Å². The Labute approximate surface area is 130 Å². The maximum atomic E-state index is 12.1. The summed E-state index contributed by atoms with van der Waals surface area (Å²) >= 11 is 6.00. The number of rotatable bonds is 6. The smallest absolute Gasteiger partial charge is 0.279 e. The molecule has 0 heterocycles. The van der Waals surface area contributed by atoms with Crippen LogP contribution >= 0.6 is 11.6 Å². The lowest BCUT2D eigenvalue weighted by molar-refractivity contribution is -0.672. The van der Waals surface area contributed by atoms with Gasteiger partial charge in [0.25, 0.3) is 5.91 Å². The number of carbonyl (C=O) groups excluding carboxylic acids is 1. The number of amides is 1. The zero-order valence-electron chi connectivity index (χ0n) is 12.6. The summed E-state index contributed by atoms with van der Waals surface area (Å²) in [4.78, 5) is 11.9. The Kier molecular flexibility index (Phi) is 6.15. The molecule has 0 atom stereocenters. The monoisotopic (exact) mass is 334 g/mol. The lowest BCUT2D eigenvalue weighted by atomic mass is 10.3. The molecule has 1 aromatic rings. The van der Waals surface area contributed by atoms with Crippen LogP contribution < -0.4 is 10.6 Å². The molecule has 0 aromatic heterocycles. The zero-order chi connectivity index (χ0) is 16.2. The fourth-order valence-corrected chi connectivity index (χ4v) is 2.61. The van der Waals surface area contributed by atoms with Gasteiger partial charge in [-0.05, 0) is 32.0 Å². The summed E-state index contributed by atoms with van der Waals surface area (Å²) in [5.41, 5.74) is 0.293. The first-order valence-electron chi connectivity index (χ1n) is 6.50. The van der Waals surface area contributed by atoms with E-state index in [1.807, 2.05) is 19.2 Å². The van der Waals surface area contributed by atoms with Gasteiger partial charge in [0.15, 0.2) is 6.54 Å². The summed E-state index contributed by atoms with van der Waals surface area (Å²) in [5.74, 6) is -0.231. The molecule has 0 radical (unpaired) electrons. The molecule has 0 aliphatic carbocycles. The van der Waals surface area contributed by atoms with E-state index in [0.29, 0.717) is 16.8 Å². The van der Waals surface area contributed by atoms with E-state index in [1.54, 1.807) is 0 Å². The molecule has 0 unspecified atom stereocenters. The second-order valence-corrected chi connectivity index (χ2v) is 7.72. The number of hydrogen-bond donors (Lipinski definition) is 2. The van der Waals surface area contributed by atoms with Crippen LogP contribution in [0.4, 0.5) is 5.69 Å². The highest BCUT2D eigenvalue weighted by molar-refractivity contribution is 7.89. The Balaban J connectivity index is 2.96. The third kappa shape index (κ3) is 4.96. The van der Waals surface area contributed by atoms with Gasteiger partial charge in [0.2, 0.25) is 10.0 Å². The summed E-state index contributed by atoms with van der Waals surface area (Å²) in [6.45, 7) is 4.20.